The highest BCUT2D eigenvalue weighted by molar-refractivity contribution is 5.86. The molecule has 0 aliphatic rings. The first-order chi connectivity index (χ1) is 7.71. The van der Waals surface area contributed by atoms with Crippen molar-refractivity contribution in [2.75, 3.05) is 0 Å². The van der Waals surface area contributed by atoms with Crippen LogP contribution in [-0.4, -0.2) is 9.97 Å². The average molecular weight is 230 g/mol. The molecule has 0 aliphatic heterocycles. The Morgan fingerprint density at radius 3 is 2.18 bits per heavy atom. The molecule has 0 radical (unpaired) electrons. The predicted octanol–water partition coefficient (Wildman–Crippen LogP) is 4.16. The molecule has 0 spiro atoms. The third kappa shape index (κ3) is 2.08. The summed E-state index contributed by atoms with van der Waals surface area (Å²) in [4.78, 5) is 8.06. The molecule has 17 heavy (non-hydrogen) atoms. The molecule has 0 saturated heterocycles. The van der Waals surface area contributed by atoms with Crippen molar-refractivity contribution in [3.8, 4) is 0 Å². The van der Waals surface area contributed by atoms with E-state index >= 15 is 0 Å². The number of aromatic amines is 1. The van der Waals surface area contributed by atoms with E-state index in [4.69, 9.17) is 4.98 Å². The second kappa shape index (κ2) is 3.59. The van der Waals surface area contributed by atoms with Crippen LogP contribution in [0.3, 0.4) is 0 Å². The Hall–Kier alpha value is -1.31. The van der Waals surface area contributed by atoms with Gasteiger partial charge in [0, 0.05) is 23.2 Å². The predicted molar refractivity (Wildman–Crippen MR) is 73.5 cm³/mol. The van der Waals surface area contributed by atoms with Gasteiger partial charge in [-0.05, 0) is 17.0 Å². The average Bonchev–Trinajstić information content (AvgIpc) is 2.60. The van der Waals surface area contributed by atoms with E-state index in [9.17, 15) is 0 Å². The molecule has 0 aliphatic carbocycles. The number of fused-ring (bicyclic) bond motifs is 1. The zero-order valence-corrected chi connectivity index (χ0v) is 11.7. The molecule has 0 atom stereocenters. The quantitative estimate of drug-likeness (QED) is 0.723. The molecule has 2 rings (SSSR count). The molecule has 92 valence electrons. The Labute approximate surface area is 103 Å². The molecule has 0 unspecified atom stereocenters. The fourth-order valence-corrected chi connectivity index (χ4v) is 2.22. The number of pyridine rings is 1. The Balaban J connectivity index is 2.76. The summed E-state index contributed by atoms with van der Waals surface area (Å²) in [6, 6.07) is 2.14. The maximum atomic E-state index is 4.70. The number of H-pyrrole nitrogens is 1. The highest BCUT2D eigenvalue weighted by atomic mass is 14.8. The first-order valence-electron chi connectivity index (χ1n) is 6.18. The fraction of sp³-hybridized carbons (Fsp3) is 0.533. The lowest BCUT2D eigenvalue weighted by molar-refractivity contribution is 0.565. The summed E-state index contributed by atoms with van der Waals surface area (Å²) in [6.45, 7) is 13.3. The molecular weight excluding hydrogens is 208 g/mol. The summed E-state index contributed by atoms with van der Waals surface area (Å²) < 4.78 is 0. The highest BCUT2D eigenvalue weighted by Crippen LogP contribution is 2.33. The number of nitrogens with zero attached hydrogens (tertiary/aromatic N) is 1. The van der Waals surface area contributed by atoms with Crippen molar-refractivity contribution < 1.29 is 0 Å². The van der Waals surface area contributed by atoms with E-state index in [0.29, 0.717) is 0 Å². The van der Waals surface area contributed by atoms with E-state index in [2.05, 4.69) is 52.6 Å². The van der Waals surface area contributed by atoms with Crippen LogP contribution in [0, 0.1) is 0 Å². The van der Waals surface area contributed by atoms with Crippen molar-refractivity contribution in [3.05, 3.63) is 29.7 Å². The minimum absolute atomic E-state index is 0.0802. The van der Waals surface area contributed by atoms with Gasteiger partial charge in [0.25, 0.3) is 0 Å². The molecule has 2 heteroatoms. The first-order valence-corrected chi connectivity index (χ1v) is 6.18. The molecule has 0 fully saturated rings. The summed E-state index contributed by atoms with van der Waals surface area (Å²) in [5, 5.41) is 1.25. The van der Waals surface area contributed by atoms with E-state index in [-0.39, 0.29) is 10.8 Å². The van der Waals surface area contributed by atoms with Crippen LogP contribution in [0.2, 0.25) is 0 Å². The molecule has 0 bridgehead atoms. The van der Waals surface area contributed by atoms with Gasteiger partial charge in [0.2, 0.25) is 0 Å². The Morgan fingerprint density at radius 2 is 1.65 bits per heavy atom. The van der Waals surface area contributed by atoms with Crippen molar-refractivity contribution in [2.45, 2.75) is 52.4 Å². The third-order valence-corrected chi connectivity index (χ3v) is 3.11. The maximum Gasteiger partial charge on any atom is 0.0550 e. The van der Waals surface area contributed by atoms with E-state index in [0.717, 1.165) is 0 Å². The summed E-state index contributed by atoms with van der Waals surface area (Å²) in [7, 11) is 0. The van der Waals surface area contributed by atoms with Gasteiger partial charge in [0.1, 0.15) is 0 Å². The van der Waals surface area contributed by atoms with Crippen LogP contribution in [0.1, 0.15) is 52.8 Å². The standard InChI is InChI=1S/C15H22N2/c1-14(2,3)11-9-17-13(15(4,5)6)10-7-8-16-12(10)11/h7-9,16H,1-6H3. The van der Waals surface area contributed by atoms with Crippen LogP contribution in [0.15, 0.2) is 18.5 Å². The van der Waals surface area contributed by atoms with E-state index < -0.39 is 0 Å². The fourth-order valence-electron chi connectivity index (χ4n) is 2.22. The van der Waals surface area contributed by atoms with Crippen LogP contribution in [0.4, 0.5) is 0 Å². The minimum atomic E-state index is 0.0802. The van der Waals surface area contributed by atoms with Crippen molar-refractivity contribution in [1.82, 2.24) is 9.97 Å². The van der Waals surface area contributed by atoms with Gasteiger partial charge in [-0.1, -0.05) is 41.5 Å². The lowest BCUT2D eigenvalue weighted by Crippen LogP contribution is -2.17. The zero-order valence-electron chi connectivity index (χ0n) is 11.7. The Morgan fingerprint density at radius 1 is 1.00 bits per heavy atom. The minimum Gasteiger partial charge on any atom is -0.361 e. The number of aromatic nitrogens is 2. The maximum absolute atomic E-state index is 4.70. The summed E-state index contributed by atoms with van der Waals surface area (Å²) in [5.74, 6) is 0. The molecule has 0 aromatic carbocycles. The normalized spacial score (nSPS) is 13.3. The van der Waals surface area contributed by atoms with Crippen LogP contribution in [-0.2, 0) is 10.8 Å². The second-order valence-corrected chi connectivity index (χ2v) is 6.79. The molecule has 2 aromatic heterocycles. The summed E-state index contributed by atoms with van der Waals surface area (Å²) in [6.07, 6.45) is 4.04. The Bertz CT molecular complexity index is 488. The smallest absolute Gasteiger partial charge is 0.0550 e. The number of rotatable bonds is 0. The van der Waals surface area contributed by atoms with Gasteiger partial charge in [0.05, 0.1) is 11.2 Å². The van der Waals surface area contributed by atoms with Gasteiger partial charge in [0.15, 0.2) is 0 Å². The molecular formula is C15H22N2. The molecule has 1 N–H and O–H groups in total. The van der Waals surface area contributed by atoms with Crippen molar-refractivity contribution in [3.63, 3.8) is 0 Å². The van der Waals surface area contributed by atoms with Crippen LogP contribution in [0.5, 0.6) is 0 Å². The third-order valence-electron chi connectivity index (χ3n) is 3.11. The molecule has 2 aromatic rings. The summed E-state index contributed by atoms with van der Waals surface area (Å²) in [5.41, 5.74) is 3.88. The Kier molecular flexibility index (Phi) is 2.57. The van der Waals surface area contributed by atoms with Crippen LogP contribution >= 0.6 is 0 Å². The van der Waals surface area contributed by atoms with Crippen molar-refractivity contribution in [2.24, 2.45) is 0 Å². The van der Waals surface area contributed by atoms with E-state index in [1.165, 1.54) is 22.2 Å². The van der Waals surface area contributed by atoms with Gasteiger partial charge in [-0.3, -0.25) is 4.98 Å². The number of hydrogen-bond acceptors (Lipinski definition) is 1. The lowest BCUT2D eigenvalue weighted by atomic mass is 9.84. The number of nitrogens with one attached hydrogen (secondary N) is 1. The largest absolute Gasteiger partial charge is 0.361 e. The van der Waals surface area contributed by atoms with Gasteiger partial charge in [-0.2, -0.15) is 0 Å². The summed E-state index contributed by atoms with van der Waals surface area (Å²) >= 11 is 0. The van der Waals surface area contributed by atoms with Crippen LogP contribution in [0.25, 0.3) is 10.9 Å². The van der Waals surface area contributed by atoms with E-state index in [1.807, 2.05) is 12.4 Å². The van der Waals surface area contributed by atoms with Crippen LogP contribution < -0.4 is 0 Å². The second-order valence-electron chi connectivity index (χ2n) is 6.79. The monoisotopic (exact) mass is 230 g/mol. The SMILES string of the molecule is CC(C)(C)c1ncc(C(C)(C)C)c2[nH]ccc12. The van der Waals surface area contributed by atoms with E-state index in [1.54, 1.807) is 0 Å². The van der Waals surface area contributed by atoms with Gasteiger partial charge >= 0.3 is 0 Å². The van der Waals surface area contributed by atoms with Crippen molar-refractivity contribution >= 4 is 10.9 Å². The molecule has 2 heterocycles. The zero-order chi connectivity index (χ0) is 12.8. The van der Waals surface area contributed by atoms with Crippen molar-refractivity contribution in [1.29, 1.82) is 0 Å². The van der Waals surface area contributed by atoms with Gasteiger partial charge in [-0.25, -0.2) is 0 Å². The topological polar surface area (TPSA) is 28.7 Å². The first kappa shape index (κ1) is 12.2. The van der Waals surface area contributed by atoms with Gasteiger partial charge in [-0.15, -0.1) is 0 Å². The molecule has 0 saturated carbocycles. The molecule has 0 amide bonds. The highest BCUT2D eigenvalue weighted by Gasteiger charge is 2.24. The molecule has 2 nitrogen and oxygen atoms in total. The van der Waals surface area contributed by atoms with Gasteiger partial charge < -0.3 is 4.98 Å². The lowest BCUT2D eigenvalue weighted by Gasteiger charge is -2.24. The number of hydrogen-bond donors (Lipinski definition) is 1.